The summed E-state index contributed by atoms with van der Waals surface area (Å²) in [5, 5.41) is 23.4. The predicted octanol–water partition coefficient (Wildman–Crippen LogP) is 3.72. The van der Waals surface area contributed by atoms with Crippen molar-refractivity contribution in [2.75, 3.05) is 6.54 Å². The Labute approximate surface area is 218 Å². The van der Waals surface area contributed by atoms with Gasteiger partial charge >= 0.3 is 0 Å². The van der Waals surface area contributed by atoms with Crippen LogP contribution in [0.1, 0.15) is 42.0 Å². The molecule has 194 valence electrons. The molecule has 0 unspecified atom stereocenters. The largest absolute Gasteiger partial charge is 0.508 e. The maximum atomic E-state index is 13.2. The first-order valence-electron chi connectivity index (χ1n) is 12.6. The van der Waals surface area contributed by atoms with Crippen LogP contribution in [0.3, 0.4) is 0 Å². The number of hydrogen-bond donors (Lipinski definition) is 5. The highest BCUT2D eigenvalue weighted by atomic mass is 16.3. The van der Waals surface area contributed by atoms with Gasteiger partial charge in [-0.2, -0.15) is 0 Å². The topological polar surface area (TPSA) is 128 Å². The van der Waals surface area contributed by atoms with Gasteiger partial charge in [0.15, 0.2) is 5.78 Å². The van der Waals surface area contributed by atoms with Gasteiger partial charge in [0, 0.05) is 24.4 Å². The molecule has 7 nitrogen and oxygen atoms in total. The molecule has 0 aromatic heterocycles. The molecule has 3 rings (SSSR count). The van der Waals surface area contributed by atoms with E-state index in [2.05, 4.69) is 10.6 Å². The van der Waals surface area contributed by atoms with Crippen molar-refractivity contribution in [1.29, 1.82) is 5.41 Å². The Morgan fingerprint density at radius 3 is 2.30 bits per heavy atom. The summed E-state index contributed by atoms with van der Waals surface area (Å²) in [5.41, 5.74) is 9.16. The number of benzene rings is 3. The first-order valence-corrected chi connectivity index (χ1v) is 12.6. The highest BCUT2D eigenvalue weighted by molar-refractivity contribution is 5.94. The molecule has 3 aromatic rings. The van der Waals surface area contributed by atoms with Crippen molar-refractivity contribution in [3.05, 3.63) is 101 Å². The number of aryl methyl sites for hydroxylation is 1. The van der Waals surface area contributed by atoms with Gasteiger partial charge in [-0.1, -0.05) is 73.7 Å². The number of nitrogens with two attached hydrogens (primary N) is 1. The molecule has 0 aliphatic rings. The van der Waals surface area contributed by atoms with Crippen molar-refractivity contribution in [3.8, 4) is 5.75 Å². The summed E-state index contributed by atoms with van der Waals surface area (Å²) in [6.45, 7) is 2.70. The number of nitrogen functional groups attached to an aromatic ring is 1. The number of ketones is 1. The standard InChI is InChI=1S/C30H36N4O3/c1-21(30(37)34-20-24-10-13-25(14-11-24)29(31)32)18-28(36)27(15-12-22-6-3-2-4-7-22)33-17-16-23-8-5-9-26(35)19-23/h2-11,13-14,19,21,27,33,35H,12,15-18,20H2,1H3,(H3,31,32)(H,34,37)/t21-,27-/m1/s1. The number of phenols is 1. The Hall–Kier alpha value is -3.97. The summed E-state index contributed by atoms with van der Waals surface area (Å²) in [7, 11) is 0. The fraction of sp³-hybridized carbons (Fsp3) is 0.300. The number of carbonyl (C=O) groups excluding carboxylic acids is 2. The van der Waals surface area contributed by atoms with E-state index in [4.69, 9.17) is 11.1 Å². The highest BCUT2D eigenvalue weighted by Gasteiger charge is 2.23. The van der Waals surface area contributed by atoms with E-state index in [0.717, 1.165) is 23.1 Å². The number of amides is 1. The van der Waals surface area contributed by atoms with Crippen molar-refractivity contribution in [2.24, 2.45) is 11.7 Å². The number of Topliss-reactive ketones (excluding diaryl/α,β-unsaturated/α-hetero) is 1. The minimum Gasteiger partial charge on any atom is -0.508 e. The van der Waals surface area contributed by atoms with Crippen LogP contribution in [0.2, 0.25) is 0 Å². The van der Waals surface area contributed by atoms with Crippen LogP contribution in [0.15, 0.2) is 78.9 Å². The zero-order valence-electron chi connectivity index (χ0n) is 21.2. The molecule has 0 heterocycles. The van der Waals surface area contributed by atoms with Crippen LogP contribution in [-0.2, 0) is 29.0 Å². The summed E-state index contributed by atoms with van der Waals surface area (Å²) in [6, 6.07) is 23.9. The number of phenolic OH excluding ortho intramolecular Hbond substituents is 1. The molecule has 1 amide bonds. The molecule has 0 fully saturated rings. The molecule has 0 radical (unpaired) electrons. The van der Waals surface area contributed by atoms with Gasteiger partial charge in [-0.3, -0.25) is 15.0 Å². The number of aromatic hydroxyl groups is 1. The summed E-state index contributed by atoms with van der Waals surface area (Å²) in [6.07, 6.45) is 2.22. The quantitative estimate of drug-likeness (QED) is 0.170. The summed E-state index contributed by atoms with van der Waals surface area (Å²) in [5.74, 6) is -0.397. The second-order valence-corrected chi connectivity index (χ2v) is 9.35. The average molecular weight is 501 g/mol. The molecule has 37 heavy (non-hydrogen) atoms. The molecule has 0 bridgehead atoms. The summed E-state index contributed by atoms with van der Waals surface area (Å²) >= 11 is 0. The van der Waals surface area contributed by atoms with Gasteiger partial charge in [0.2, 0.25) is 5.91 Å². The lowest BCUT2D eigenvalue weighted by Crippen LogP contribution is -2.40. The third-order valence-electron chi connectivity index (χ3n) is 6.35. The maximum absolute atomic E-state index is 13.2. The summed E-state index contributed by atoms with van der Waals surface area (Å²) < 4.78 is 0. The summed E-state index contributed by atoms with van der Waals surface area (Å²) in [4.78, 5) is 25.9. The van der Waals surface area contributed by atoms with Crippen molar-refractivity contribution in [1.82, 2.24) is 10.6 Å². The minimum atomic E-state index is -0.462. The van der Waals surface area contributed by atoms with Gasteiger partial charge in [-0.25, -0.2) is 0 Å². The van der Waals surface area contributed by atoms with Crippen molar-refractivity contribution in [3.63, 3.8) is 0 Å². The van der Waals surface area contributed by atoms with Crippen molar-refractivity contribution in [2.45, 2.75) is 45.2 Å². The molecular formula is C30H36N4O3. The molecule has 6 N–H and O–H groups in total. The third kappa shape index (κ3) is 9.20. The number of amidine groups is 1. The Kier molecular flexibility index (Phi) is 10.4. The zero-order valence-corrected chi connectivity index (χ0v) is 21.2. The fourth-order valence-electron chi connectivity index (χ4n) is 4.14. The first kappa shape index (κ1) is 27.6. The molecule has 0 aliphatic carbocycles. The monoisotopic (exact) mass is 500 g/mol. The lowest BCUT2D eigenvalue weighted by atomic mass is 9.95. The zero-order chi connectivity index (χ0) is 26.6. The third-order valence-corrected chi connectivity index (χ3v) is 6.35. The van der Waals surface area contributed by atoms with E-state index in [0.29, 0.717) is 31.5 Å². The van der Waals surface area contributed by atoms with Gasteiger partial charge < -0.3 is 21.5 Å². The lowest BCUT2D eigenvalue weighted by Gasteiger charge is -2.20. The van der Waals surface area contributed by atoms with Crippen LogP contribution >= 0.6 is 0 Å². The van der Waals surface area contributed by atoms with E-state index >= 15 is 0 Å². The van der Waals surface area contributed by atoms with Gasteiger partial charge in [0.25, 0.3) is 0 Å². The van der Waals surface area contributed by atoms with Gasteiger partial charge in [0.1, 0.15) is 11.6 Å². The minimum absolute atomic E-state index is 0.0000590. The molecular weight excluding hydrogens is 464 g/mol. The van der Waals surface area contributed by atoms with E-state index in [1.54, 1.807) is 37.3 Å². The lowest BCUT2D eigenvalue weighted by molar-refractivity contribution is -0.129. The Bertz CT molecular complexity index is 1180. The van der Waals surface area contributed by atoms with Crippen LogP contribution < -0.4 is 16.4 Å². The van der Waals surface area contributed by atoms with Gasteiger partial charge in [-0.15, -0.1) is 0 Å². The van der Waals surface area contributed by atoms with Crippen molar-refractivity contribution < 1.29 is 14.7 Å². The van der Waals surface area contributed by atoms with E-state index < -0.39 is 5.92 Å². The van der Waals surface area contributed by atoms with Crippen LogP contribution in [0, 0.1) is 11.3 Å². The maximum Gasteiger partial charge on any atom is 0.223 e. The molecule has 0 saturated heterocycles. The predicted molar refractivity (Wildman–Crippen MR) is 146 cm³/mol. The van der Waals surface area contributed by atoms with Crippen molar-refractivity contribution >= 4 is 17.5 Å². The SMILES string of the molecule is C[C@H](CC(=O)[C@@H](CCc1ccccc1)NCCc1cccc(O)c1)C(=O)NCc1ccc(C(=N)N)cc1. The molecule has 3 aromatic carbocycles. The Morgan fingerprint density at radius 1 is 0.919 bits per heavy atom. The number of carbonyl (C=O) groups is 2. The fourth-order valence-corrected chi connectivity index (χ4v) is 4.14. The van der Waals surface area contributed by atoms with E-state index in [-0.39, 0.29) is 35.7 Å². The normalized spacial score (nSPS) is 12.5. The highest BCUT2D eigenvalue weighted by Crippen LogP contribution is 2.14. The van der Waals surface area contributed by atoms with Gasteiger partial charge in [0.05, 0.1) is 6.04 Å². The molecule has 0 saturated carbocycles. The van der Waals surface area contributed by atoms with Crippen LogP contribution in [0.4, 0.5) is 0 Å². The Morgan fingerprint density at radius 2 is 1.62 bits per heavy atom. The Balaban J connectivity index is 1.54. The van der Waals surface area contributed by atoms with Gasteiger partial charge in [-0.05, 0) is 54.6 Å². The second-order valence-electron chi connectivity index (χ2n) is 9.35. The van der Waals surface area contributed by atoms with Crippen LogP contribution in [0.25, 0.3) is 0 Å². The van der Waals surface area contributed by atoms with Crippen LogP contribution in [0.5, 0.6) is 5.75 Å². The second kappa shape index (κ2) is 13.9. The number of rotatable bonds is 14. The van der Waals surface area contributed by atoms with E-state index in [9.17, 15) is 14.7 Å². The van der Waals surface area contributed by atoms with E-state index in [1.807, 2.05) is 48.5 Å². The molecule has 2 atom stereocenters. The molecule has 0 spiro atoms. The smallest absolute Gasteiger partial charge is 0.223 e. The van der Waals surface area contributed by atoms with E-state index in [1.165, 1.54) is 0 Å². The number of hydrogen-bond acceptors (Lipinski definition) is 5. The molecule has 0 aliphatic heterocycles. The molecule has 7 heteroatoms. The number of nitrogens with one attached hydrogen (secondary N) is 3. The van der Waals surface area contributed by atoms with Crippen LogP contribution in [-0.4, -0.2) is 35.2 Å². The average Bonchev–Trinajstić information content (AvgIpc) is 2.90. The first-order chi connectivity index (χ1) is 17.8.